The minimum atomic E-state index is 0.224. The summed E-state index contributed by atoms with van der Waals surface area (Å²) in [5, 5.41) is 0. The highest BCUT2D eigenvalue weighted by molar-refractivity contribution is 5.78. The molecule has 1 saturated heterocycles. The molecule has 20 heavy (non-hydrogen) atoms. The largest absolute Gasteiger partial charge is 0.342 e. The van der Waals surface area contributed by atoms with Gasteiger partial charge in [0.25, 0.3) is 0 Å². The fourth-order valence-corrected chi connectivity index (χ4v) is 2.71. The van der Waals surface area contributed by atoms with Crippen molar-refractivity contribution >= 4 is 5.91 Å². The molecule has 0 bridgehead atoms. The average Bonchev–Trinajstić information content (AvgIpc) is 2.44. The van der Waals surface area contributed by atoms with Crippen LogP contribution in [0.25, 0.3) is 0 Å². The molecular weight excluding hydrogens is 252 g/mol. The van der Waals surface area contributed by atoms with Crippen molar-refractivity contribution in [3.05, 3.63) is 0 Å². The quantitative estimate of drug-likeness (QED) is 0.744. The zero-order valence-electron chi connectivity index (χ0n) is 13.6. The summed E-state index contributed by atoms with van der Waals surface area (Å²) in [7, 11) is 1.89. The van der Waals surface area contributed by atoms with E-state index in [-0.39, 0.29) is 11.9 Å². The molecule has 0 aromatic heterocycles. The number of likely N-dealkylation sites (N-methyl/N-ethyl adjacent to an activating group) is 1. The topological polar surface area (TPSA) is 52.8 Å². The predicted octanol–water partition coefficient (Wildman–Crippen LogP) is 0.598. The Kier molecular flexibility index (Phi) is 7.48. The summed E-state index contributed by atoms with van der Waals surface area (Å²) < 4.78 is 0. The van der Waals surface area contributed by atoms with Crippen LogP contribution < -0.4 is 5.73 Å². The number of piperazine rings is 1. The maximum Gasteiger partial charge on any atom is 0.236 e. The fraction of sp³-hybridized carbons (Fsp3) is 0.933. The number of rotatable bonds is 7. The second-order valence-electron chi connectivity index (χ2n) is 6.05. The summed E-state index contributed by atoms with van der Waals surface area (Å²) in [6.45, 7) is 11.7. The van der Waals surface area contributed by atoms with Crippen molar-refractivity contribution in [1.82, 2.24) is 14.7 Å². The van der Waals surface area contributed by atoms with E-state index in [2.05, 4.69) is 30.6 Å². The lowest BCUT2D eigenvalue weighted by Gasteiger charge is -2.39. The van der Waals surface area contributed by atoms with Crippen molar-refractivity contribution in [3.8, 4) is 0 Å². The first kappa shape index (κ1) is 17.4. The van der Waals surface area contributed by atoms with Crippen LogP contribution in [0, 0.1) is 0 Å². The van der Waals surface area contributed by atoms with Gasteiger partial charge in [-0.3, -0.25) is 14.6 Å². The summed E-state index contributed by atoms with van der Waals surface area (Å²) in [4.78, 5) is 18.7. The molecule has 5 nitrogen and oxygen atoms in total. The van der Waals surface area contributed by atoms with Gasteiger partial charge in [-0.2, -0.15) is 0 Å². The molecule has 0 aromatic rings. The Bertz CT molecular complexity index is 288. The van der Waals surface area contributed by atoms with Crippen molar-refractivity contribution in [2.75, 3.05) is 46.3 Å². The van der Waals surface area contributed by atoms with Gasteiger partial charge in [-0.15, -0.1) is 0 Å². The highest BCUT2D eigenvalue weighted by Gasteiger charge is 2.24. The van der Waals surface area contributed by atoms with Crippen molar-refractivity contribution < 1.29 is 4.79 Å². The van der Waals surface area contributed by atoms with Gasteiger partial charge < -0.3 is 10.6 Å². The van der Waals surface area contributed by atoms with Gasteiger partial charge in [0.05, 0.1) is 6.54 Å². The number of amides is 1. The predicted molar refractivity (Wildman–Crippen MR) is 83.7 cm³/mol. The number of hydrogen-bond acceptors (Lipinski definition) is 4. The van der Waals surface area contributed by atoms with E-state index < -0.39 is 0 Å². The van der Waals surface area contributed by atoms with Crippen LogP contribution in [0.4, 0.5) is 0 Å². The average molecular weight is 284 g/mol. The first-order chi connectivity index (χ1) is 9.49. The van der Waals surface area contributed by atoms with E-state index in [4.69, 9.17) is 5.73 Å². The maximum atomic E-state index is 12.1. The molecule has 5 heteroatoms. The molecule has 1 heterocycles. The second-order valence-corrected chi connectivity index (χ2v) is 6.05. The van der Waals surface area contributed by atoms with E-state index in [9.17, 15) is 4.79 Å². The van der Waals surface area contributed by atoms with Gasteiger partial charge in [-0.25, -0.2) is 0 Å². The molecule has 1 amide bonds. The Morgan fingerprint density at radius 3 is 2.30 bits per heavy atom. The van der Waals surface area contributed by atoms with E-state index in [1.165, 1.54) is 0 Å². The Morgan fingerprint density at radius 1 is 1.25 bits per heavy atom. The monoisotopic (exact) mass is 284 g/mol. The van der Waals surface area contributed by atoms with Gasteiger partial charge in [0.15, 0.2) is 0 Å². The molecule has 1 aliphatic rings. The minimum absolute atomic E-state index is 0.224. The van der Waals surface area contributed by atoms with E-state index in [1.54, 1.807) is 0 Å². The summed E-state index contributed by atoms with van der Waals surface area (Å²) in [6.07, 6.45) is 2.23. The van der Waals surface area contributed by atoms with Gasteiger partial charge in [0.2, 0.25) is 5.91 Å². The Morgan fingerprint density at radius 2 is 1.85 bits per heavy atom. The molecule has 0 aromatic carbocycles. The minimum Gasteiger partial charge on any atom is -0.342 e. The molecule has 0 spiro atoms. The molecule has 0 aliphatic carbocycles. The van der Waals surface area contributed by atoms with E-state index in [1.807, 2.05) is 11.9 Å². The Hall–Kier alpha value is -0.650. The van der Waals surface area contributed by atoms with Gasteiger partial charge >= 0.3 is 0 Å². The zero-order valence-corrected chi connectivity index (χ0v) is 13.6. The molecule has 1 fully saturated rings. The molecule has 1 atom stereocenters. The third kappa shape index (κ3) is 5.04. The molecular formula is C15H32N4O. The highest BCUT2D eigenvalue weighted by Crippen LogP contribution is 2.12. The normalized spacial score (nSPS) is 19.3. The van der Waals surface area contributed by atoms with Gasteiger partial charge in [0, 0.05) is 45.3 Å². The Labute approximate surface area is 124 Å². The van der Waals surface area contributed by atoms with Crippen molar-refractivity contribution in [1.29, 1.82) is 0 Å². The Balaban J connectivity index is 2.37. The molecule has 0 saturated carbocycles. The number of carbonyl (C=O) groups excluding carboxylic acids is 1. The smallest absolute Gasteiger partial charge is 0.236 e. The number of nitrogens with two attached hydrogens (primary N) is 1. The standard InChI is InChI=1S/C15H32N4O/c1-5-14(6-7-16)19-10-8-18(9-11-19)12-15(20)17(4)13(2)3/h13-14H,5-12,16H2,1-4H3. The van der Waals surface area contributed by atoms with E-state index >= 15 is 0 Å². The summed E-state index contributed by atoms with van der Waals surface area (Å²) >= 11 is 0. The molecule has 1 unspecified atom stereocenters. The lowest BCUT2D eigenvalue weighted by Crippen LogP contribution is -2.53. The van der Waals surface area contributed by atoms with Gasteiger partial charge in [0.1, 0.15) is 0 Å². The number of carbonyl (C=O) groups is 1. The van der Waals surface area contributed by atoms with Crippen LogP contribution in [-0.2, 0) is 4.79 Å². The van der Waals surface area contributed by atoms with Crippen molar-refractivity contribution in [2.24, 2.45) is 5.73 Å². The first-order valence-corrected chi connectivity index (χ1v) is 7.91. The second kappa shape index (κ2) is 8.60. The number of hydrogen-bond donors (Lipinski definition) is 1. The van der Waals surface area contributed by atoms with Crippen LogP contribution >= 0.6 is 0 Å². The first-order valence-electron chi connectivity index (χ1n) is 7.91. The van der Waals surface area contributed by atoms with E-state index in [0.29, 0.717) is 12.6 Å². The van der Waals surface area contributed by atoms with Gasteiger partial charge in [-0.1, -0.05) is 6.92 Å². The molecule has 118 valence electrons. The molecule has 2 N–H and O–H groups in total. The van der Waals surface area contributed by atoms with E-state index in [0.717, 1.165) is 45.6 Å². The van der Waals surface area contributed by atoms with Crippen LogP contribution in [0.1, 0.15) is 33.6 Å². The maximum absolute atomic E-state index is 12.1. The summed E-state index contributed by atoms with van der Waals surface area (Å²) in [6, 6.07) is 0.883. The number of nitrogens with zero attached hydrogens (tertiary/aromatic N) is 3. The lowest BCUT2D eigenvalue weighted by atomic mass is 10.1. The van der Waals surface area contributed by atoms with Crippen molar-refractivity contribution in [3.63, 3.8) is 0 Å². The van der Waals surface area contributed by atoms with Crippen LogP contribution in [0.15, 0.2) is 0 Å². The lowest BCUT2D eigenvalue weighted by molar-refractivity contribution is -0.133. The van der Waals surface area contributed by atoms with Crippen LogP contribution in [0.3, 0.4) is 0 Å². The van der Waals surface area contributed by atoms with Crippen LogP contribution in [0.5, 0.6) is 0 Å². The third-order valence-corrected chi connectivity index (χ3v) is 4.42. The summed E-state index contributed by atoms with van der Waals surface area (Å²) in [5.41, 5.74) is 5.68. The SMILES string of the molecule is CCC(CCN)N1CCN(CC(=O)N(C)C(C)C)CC1. The third-order valence-electron chi connectivity index (χ3n) is 4.42. The van der Waals surface area contributed by atoms with Crippen molar-refractivity contribution in [2.45, 2.75) is 45.7 Å². The molecule has 0 radical (unpaired) electrons. The molecule has 1 rings (SSSR count). The zero-order chi connectivity index (χ0) is 15.1. The van der Waals surface area contributed by atoms with Crippen LogP contribution in [-0.4, -0.2) is 79.0 Å². The molecule has 1 aliphatic heterocycles. The fourth-order valence-electron chi connectivity index (χ4n) is 2.71. The summed E-state index contributed by atoms with van der Waals surface area (Å²) in [5.74, 6) is 0.224. The highest BCUT2D eigenvalue weighted by atomic mass is 16.2. The van der Waals surface area contributed by atoms with Gasteiger partial charge in [-0.05, 0) is 33.2 Å². The van der Waals surface area contributed by atoms with Crippen LogP contribution in [0.2, 0.25) is 0 Å².